The molecule has 1 atom stereocenters. The topological polar surface area (TPSA) is 66.2 Å². The molecule has 1 rings (SSSR count). The van der Waals surface area contributed by atoms with Crippen molar-refractivity contribution < 1.29 is 14.5 Å². The second-order valence-corrected chi connectivity index (χ2v) is 6.12. The first-order valence-electron chi connectivity index (χ1n) is 8.54. The van der Waals surface area contributed by atoms with Crippen LogP contribution in [-0.2, 0) is 9.59 Å². The SMILES string of the molecule is CCCCN1C(=O)[C@H](C=NCCC[NH+](CC)CC)C(=O)NC1=S. The number of rotatable bonds is 10. The lowest BCUT2D eigenvalue weighted by atomic mass is 10.1. The monoisotopic (exact) mass is 341 g/mol. The van der Waals surface area contributed by atoms with Crippen LogP contribution in [0.2, 0.25) is 0 Å². The molecular formula is C16H29N4O2S+. The Bertz CT molecular complexity index is 449. The molecule has 7 heteroatoms. The average molecular weight is 342 g/mol. The predicted molar refractivity (Wildman–Crippen MR) is 95.7 cm³/mol. The quantitative estimate of drug-likeness (QED) is 0.255. The van der Waals surface area contributed by atoms with Crippen molar-refractivity contribution >= 4 is 35.4 Å². The van der Waals surface area contributed by atoms with E-state index in [0.717, 1.165) is 38.9 Å². The fourth-order valence-corrected chi connectivity index (χ4v) is 2.78. The predicted octanol–water partition coefficient (Wildman–Crippen LogP) is 0.0316. The zero-order chi connectivity index (χ0) is 17.2. The third-order valence-electron chi connectivity index (χ3n) is 4.10. The molecule has 0 aromatic heterocycles. The number of hydrogen-bond acceptors (Lipinski definition) is 4. The van der Waals surface area contributed by atoms with Crippen molar-refractivity contribution in [3.8, 4) is 0 Å². The van der Waals surface area contributed by atoms with Crippen molar-refractivity contribution in [1.29, 1.82) is 0 Å². The fraction of sp³-hybridized carbons (Fsp3) is 0.750. The van der Waals surface area contributed by atoms with E-state index in [4.69, 9.17) is 12.2 Å². The van der Waals surface area contributed by atoms with Crippen LogP contribution in [0, 0.1) is 5.92 Å². The Morgan fingerprint density at radius 1 is 1.26 bits per heavy atom. The summed E-state index contributed by atoms with van der Waals surface area (Å²) < 4.78 is 0. The van der Waals surface area contributed by atoms with E-state index in [9.17, 15) is 9.59 Å². The van der Waals surface area contributed by atoms with E-state index in [1.54, 1.807) is 0 Å². The maximum atomic E-state index is 12.4. The number of nitrogens with zero attached hydrogens (tertiary/aromatic N) is 2. The first kappa shape index (κ1) is 19.7. The summed E-state index contributed by atoms with van der Waals surface area (Å²) in [6.07, 6.45) is 4.26. The van der Waals surface area contributed by atoms with E-state index in [-0.39, 0.29) is 16.9 Å². The Labute approximate surface area is 144 Å². The zero-order valence-corrected chi connectivity index (χ0v) is 15.2. The highest BCUT2D eigenvalue weighted by Crippen LogP contribution is 2.10. The molecule has 0 radical (unpaired) electrons. The average Bonchev–Trinajstić information content (AvgIpc) is 2.53. The van der Waals surface area contributed by atoms with Crippen molar-refractivity contribution in [3.05, 3.63) is 0 Å². The van der Waals surface area contributed by atoms with E-state index < -0.39 is 5.92 Å². The van der Waals surface area contributed by atoms with Crippen molar-refractivity contribution in [2.24, 2.45) is 10.9 Å². The third kappa shape index (κ3) is 5.99. The van der Waals surface area contributed by atoms with Gasteiger partial charge in [-0.1, -0.05) is 13.3 Å². The standard InChI is InChI=1S/C16H28N4O2S/c1-4-7-11-20-15(22)13(14(21)18-16(20)23)12-17-9-8-10-19(5-2)6-3/h12-13H,4-11H2,1-3H3,(H,18,21,23)/p+1/t13-/m1/s1. The molecule has 130 valence electrons. The maximum absolute atomic E-state index is 12.4. The van der Waals surface area contributed by atoms with E-state index in [1.807, 2.05) is 6.92 Å². The Balaban J connectivity index is 2.53. The summed E-state index contributed by atoms with van der Waals surface area (Å²) in [6.45, 7) is 10.8. The Hall–Kier alpha value is -1.34. The lowest BCUT2D eigenvalue weighted by Crippen LogP contribution is -3.11. The molecule has 1 aliphatic rings. The summed E-state index contributed by atoms with van der Waals surface area (Å²) in [4.78, 5) is 31.7. The number of aliphatic imine (C=N–C) groups is 1. The highest BCUT2D eigenvalue weighted by Gasteiger charge is 2.36. The van der Waals surface area contributed by atoms with E-state index in [2.05, 4.69) is 24.2 Å². The number of thiocarbonyl (C=S) groups is 1. The number of carbonyl (C=O) groups excluding carboxylic acids is 2. The van der Waals surface area contributed by atoms with Gasteiger partial charge in [-0.25, -0.2) is 0 Å². The largest absolute Gasteiger partial charge is 0.335 e. The molecule has 0 spiro atoms. The number of quaternary nitrogens is 1. The van der Waals surface area contributed by atoms with Gasteiger partial charge < -0.3 is 10.2 Å². The van der Waals surface area contributed by atoms with Crippen molar-refractivity contribution in [2.45, 2.75) is 40.0 Å². The van der Waals surface area contributed by atoms with E-state index >= 15 is 0 Å². The molecule has 1 fully saturated rings. The van der Waals surface area contributed by atoms with Gasteiger partial charge in [0.15, 0.2) is 11.0 Å². The van der Waals surface area contributed by atoms with Gasteiger partial charge >= 0.3 is 0 Å². The van der Waals surface area contributed by atoms with Gasteiger partial charge in [0.1, 0.15) is 0 Å². The van der Waals surface area contributed by atoms with Gasteiger partial charge in [-0.05, 0) is 32.5 Å². The fourth-order valence-electron chi connectivity index (χ4n) is 2.49. The summed E-state index contributed by atoms with van der Waals surface area (Å²) in [5.74, 6) is -1.48. The second-order valence-electron chi connectivity index (χ2n) is 5.73. The molecule has 1 aliphatic heterocycles. The molecule has 2 N–H and O–H groups in total. The van der Waals surface area contributed by atoms with Crippen molar-refractivity contribution in [2.75, 3.05) is 32.7 Å². The molecule has 6 nitrogen and oxygen atoms in total. The molecule has 0 aliphatic carbocycles. The minimum absolute atomic E-state index is 0.211. The Morgan fingerprint density at radius 3 is 2.57 bits per heavy atom. The highest BCUT2D eigenvalue weighted by atomic mass is 32.1. The summed E-state index contributed by atoms with van der Waals surface area (Å²) in [5, 5.41) is 2.81. The van der Waals surface area contributed by atoms with Gasteiger partial charge in [0.05, 0.1) is 19.6 Å². The van der Waals surface area contributed by atoms with Gasteiger partial charge in [-0.2, -0.15) is 0 Å². The summed E-state index contributed by atoms with van der Waals surface area (Å²) in [6, 6.07) is 0. The minimum Gasteiger partial charge on any atom is -0.335 e. The summed E-state index contributed by atoms with van der Waals surface area (Å²) >= 11 is 5.08. The van der Waals surface area contributed by atoms with Gasteiger partial charge in [0, 0.05) is 25.7 Å². The molecular weight excluding hydrogens is 312 g/mol. The van der Waals surface area contributed by atoms with Crippen LogP contribution in [0.4, 0.5) is 0 Å². The van der Waals surface area contributed by atoms with E-state index in [0.29, 0.717) is 13.1 Å². The van der Waals surface area contributed by atoms with E-state index in [1.165, 1.54) is 16.0 Å². The number of nitrogens with one attached hydrogen (secondary N) is 2. The zero-order valence-electron chi connectivity index (χ0n) is 14.4. The first-order chi connectivity index (χ1) is 11.0. The van der Waals surface area contributed by atoms with Crippen LogP contribution < -0.4 is 10.2 Å². The number of amides is 2. The Kier molecular flexibility index (Phi) is 8.94. The van der Waals surface area contributed by atoms with Gasteiger partial charge in [-0.3, -0.25) is 19.5 Å². The second kappa shape index (κ2) is 10.4. The maximum Gasteiger partial charge on any atom is 0.246 e. The van der Waals surface area contributed by atoms with Crippen molar-refractivity contribution in [3.63, 3.8) is 0 Å². The number of hydrogen-bond donors (Lipinski definition) is 2. The highest BCUT2D eigenvalue weighted by molar-refractivity contribution is 7.80. The molecule has 0 unspecified atom stereocenters. The molecule has 2 amide bonds. The van der Waals surface area contributed by atoms with Crippen LogP contribution in [-0.4, -0.2) is 60.8 Å². The molecule has 0 bridgehead atoms. The molecule has 0 aromatic carbocycles. The first-order valence-corrected chi connectivity index (χ1v) is 8.95. The van der Waals surface area contributed by atoms with Crippen LogP contribution in [0.3, 0.4) is 0 Å². The summed E-state index contributed by atoms with van der Waals surface area (Å²) in [7, 11) is 0. The van der Waals surface area contributed by atoms with Crippen LogP contribution in [0.25, 0.3) is 0 Å². The normalized spacial score (nSPS) is 19.0. The number of unbranched alkanes of at least 4 members (excludes halogenated alkanes) is 1. The van der Waals surface area contributed by atoms with Crippen LogP contribution in [0.1, 0.15) is 40.0 Å². The summed E-state index contributed by atoms with van der Waals surface area (Å²) in [5.41, 5.74) is 0. The molecule has 23 heavy (non-hydrogen) atoms. The van der Waals surface area contributed by atoms with Crippen molar-refractivity contribution in [1.82, 2.24) is 10.2 Å². The van der Waals surface area contributed by atoms with Crippen LogP contribution in [0.5, 0.6) is 0 Å². The van der Waals surface area contributed by atoms with Crippen LogP contribution in [0.15, 0.2) is 4.99 Å². The minimum atomic E-state index is -0.848. The molecule has 0 saturated carbocycles. The lowest BCUT2D eigenvalue weighted by molar-refractivity contribution is -0.896. The lowest BCUT2D eigenvalue weighted by Gasteiger charge is -2.30. The third-order valence-corrected chi connectivity index (χ3v) is 4.42. The molecule has 0 aromatic rings. The van der Waals surface area contributed by atoms with Gasteiger partial charge in [0.25, 0.3) is 0 Å². The smallest absolute Gasteiger partial charge is 0.246 e. The number of carbonyl (C=O) groups is 2. The molecule has 1 heterocycles. The Morgan fingerprint density at radius 2 is 1.96 bits per heavy atom. The van der Waals surface area contributed by atoms with Gasteiger partial charge in [0.2, 0.25) is 11.8 Å². The van der Waals surface area contributed by atoms with Crippen LogP contribution >= 0.6 is 12.2 Å². The molecule has 1 saturated heterocycles. The van der Waals surface area contributed by atoms with Gasteiger partial charge in [-0.15, -0.1) is 0 Å².